The molecule has 1 saturated heterocycles. The number of rotatable bonds is 3. The minimum absolute atomic E-state index is 0.153. The van der Waals surface area contributed by atoms with E-state index in [2.05, 4.69) is 24.0 Å². The van der Waals surface area contributed by atoms with Gasteiger partial charge in [0.1, 0.15) is 5.56 Å². The van der Waals surface area contributed by atoms with E-state index >= 15 is 0 Å². The summed E-state index contributed by atoms with van der Waals surface area (Å²) in [4.78, 5) is 11.8. The average Bonchev–Trinajstić information content (AvgIpc) is 2.76. The number of carbonyl (C=O) groups is 1. The van der Waals surface area contributed by atoms with E-state index in [-0.39, 0.29) is 17.5 Å². The number of ether oxygens (including phenoxy) is 2. The molecule has 1 N–H and O–H groups in total. The fourth-order valence-corrected chi connectivity index (χ4v) is 2.46. The van der Waals surface area contributed by atoms with Crippen molar-refractivity contribution >= 4 is 5.97 Å². The summed E-state index contributed by atoms with van der Waals surface area (Å²) in [5, 5.41) is 6.93. The van der Waals surface area contributed by atoms with Crippen LogP contribution in [0, 0.1) is 0 Å². The number of carbonyl (C=O) groups excluding carboxylic acids is 1. The number of aromatic amines is 1. The zero-order valence-electron chi connectivity index (χ0n) is 11.2. The molecule has 0 bridgehead atoms. The van der Waals surface area contributed by atoms with Gasteiger partial charge in [0.25, 0.3) is 0 Å². The first-order chi connectivity index (χ1) is 8.53. The fraction of sp³-hybridized carbons (Fsp3) is 0.692. The molecule has 1 atom stereocenters. The summed E-state index contributed by atoms with van der Waals surface area (Å²) in [7, 11) is 0. The number of hydrogen-bond donors (Lipinski definition) is 1. The number of nitrogens with one attached hydrogen (secondary N) is 1. The summed E-state index contributed by atoms with van der Waals surface area (Å²) in [5.74, 6) is -0.0267. The van der Waals surface area contributed by atoms with Gasteiger partial charge in [0, 0.05) is 12.5 Å². The molecule has 1 aromatic rings. The van der Waals surface area contributed by atoms with E-state index < -0.39 is 0 Å². The molecular formula is C13H20N2O3. The summed E-state index contributed by atoms with van der Waals surface area (Å²) < 4.78 is 10.7. The fourth-order valence-electron chi connectivity index (χ4n) is 2.46. The van der Waals surface area contributed by atoms with Gasteiger partial charge in [0.05, 0.1) is 24.1 Å². The molecule has 18 heavy (non-hydrogen) atoms. The molecule has 1 aliphatic heterocycles. The predicted molar refractivity (Wildman–Crippen MR) is 66.6 cm³/mol. The van der Waals surface area contributed by atoms with Crippen LogP contribution in [0.1, 0.15) is 55.6 Å². The third-order valence-electron chi connectivity index (χ3n) is 3.27. The van der Waals surface area contributed by atoms with E-state index in [4.69, 9.17) is 9.47 Å². The van der Waals surface area contributed by atoms with Crippen molar-refractivity contribution in [1.29, 1.82) is 0 Å². The van der Waals surface area contributed by atoms with Crippen molar-refractivity contribution in [2.24, 2.45) is 0 Å². The molecule has 1 aliphatic rings. The topological polar surface area (TPSA) is 64.2 Å². The van der Waals surface area contributed by atoms with E-state index in [9.17, 15) is 4.79 Å². The lowest BCUT2D eigenvalue weighted by Crippen LogP contribution is -2.33. The molecule has 0 aliphatic carbocycles. The van der Waals surface area contributed by atoms with E-state index in [1.807, 2.05) is 0 Å². The summed E-state index contributed by atoms with van der Waals surface area (Å²) in [5.41, 5.74) is 1.28. The molecule has 1 unspecified atom stereocenters. The zero-order valence-corrected chi connectivity index (χ0v) is 11.2. The van der Waals surface area contributed by atoms with Gasteiger partial charge >= 0.3 is 5.97 Å². The Morgan fingerprint density at radius 3 is 3.11 bits per heavy atom. The van der Waals surface area contributed by atoms with Gasteiger partial charge in [0.15, 0.2) is 0 Å². The number of H-pyrrole nitrogens is 1. The van der Waals surface area contributed by atoms with Crippen LogP contribution in [0.25, 0.3) is 0 Å². The second kappa shape index (κ2) is 5.10. The van der Waals surface area contributed by atoms with Crippen molar-refractivity contribution in [2.45, 2.75) is 45.1 Å². The van der Waals surface area contributed by atoms with Crippen molar-refractivity contribution < 1.29 is 14.3 Å². The second-order valence-electron chi connectivity index (χ2n) is 5.22. The maximum absolute atomic E-state index is 11.8. The molecule has 2 rings (SSSR count). The normalized spacial score (nSPS) is 22.7. The number of hydrogen-bond acceptors (Lipinski definition) is 4. The molecule has 100 valence electrons. The highest BCUT2D eigenvalue weighted by Crippen LogP contribution is 2.36. The molecule has 5 heteroatoms. The highest BCUT2D eigenvalue weighted by molar-refractivity contribution is 5.90. The Balaban J connectivity index is 2.18. The molecule has 0 amide bonds. The van der Waals surface area contributed by atoms with Crippen LogP contribution in [0.15, 0.2) is 6.20 Å². The lowest BCUT2D eigenvalue weighted by Gasteiger charge is -2.35. The minimum Gasteiger partial charge on any atom is -0.462 e. The molecule has 0 aromatic carbocycles. The molecule has 0 spiro atoms. The molecule has 1 aromatic heterocycles. The van der Waals surface area contributed by atoms with Crippen LogP contribution < -0.4 is 0 Å². The van der Waals surface area contributed by atoms with Gasteiger partial charge in [-0.15, -0.1) is 0 Å². The first kappa shape index (κ1) is 13.1. The monoisotopic (exact) mass is 252 g/mol. The van der Waals surface area contributed by atoms with Gasteiger partial charge in [-0.25, -0.2) is 4.79 Å². The van der Waals surface area contributed by atoms with Crippen LogP contribution in [-0.4, -0.2) is 35.0 Å². The van der Waals surface area contributed by atoms with Crippen LogP contribution in [0.5, 0.6) is 0 Å². The van der Waals surface area contributed by atoms with E-state index in [1.165, 1.54) is 0 Å². The Labute approximate surface area is 107 Å². The summed E-state index contributed by atoms with van der Waals surface area (Å²) in [6.45, 7) is 7.02. The van der Waals surface area contributed by atoms with Crippen molar-refractivity contribution in [2.75, 3.05) is 13.2 Å². The maximum Gasteiger partial charge on any atom is 0.341 e. The summed E-state index contributed by atoms with van der Waals surface area (Å²) >= 11 is 0. The van der Waals surface area contributed by atoms with Gasteiger partial charge < -0.3 is 9.47 Å². The second-order valence-corrected chi connectivity index (χ2v) is 5.22. The first-order valence-corrected chi connectivity index (χ1v) is 6.38. The van der Waals surface area contributed by atoms with Crippen molar-refractivity contribution in [3.8, 4) is 0 Å². The Morgan fingerprint density at radius 1 is 1.67 bits per heavy atom. The Bertz CT molecular complexity index is 426. The molecule has 5 nitrogen and oxygen atoms in total. The van der Waals surface area contributed by atoms with Crippen LogP contribution in [0.4, 0.5) is 0 Å². The Hall–Kier alpha value is -1.36. The lowest BCUT2D eigenvalue weighted by molar-refractivity contribution is -0.0599. The van der Waals surface area contributed by atoms with Gasteiger partial charge in [-0.2, -0.15) is 5.10 Å². The molecule has 2 heterocycles. The Kier molecular flexibility index (Phi) is 3.71. The van der Waals surface area contributed by atoms with E-state index in [0.717, 1.165) is 18.5 Å². The largest absolute Gasteiger partial charge is 0.462 e. The quantitative estimate of drug-likeness (QED) is 0.838. The van der Waals surface area contributed by atoms with Crippen LogP contribution in [0.3, 0.4) is 0 Å². The highest BCUT2D eigenvalue weighted by atomic mass is 16.5. The smallest absolute Gasteiger partial charge is 0.341 e. The van der Waals surface area contributed by atoms with E-state index in [1.54, 1.807) is 13.1 Å². The predicted octanol–water partition coefficient (Wildman–Crippen LogP) is 2.26. The van der Waals surface area contributed by atoms with Crippen LogP contribution in [-0.2, 0) is 9.47 Å². The van der Waals surface area contributed by atoms with Gasteiger partial charge in [-0.05, 0) is 33.6 Å². The number of nitrogens with zero attached hydrogens (tertiary/aromatic N) is 1. The maximum atomic E-state index is 11.8. The van der Waals surface area contributed by atoms with Gasteiger partial charge in [-0.3, -0.25) is 5.10 Å². The van der Waals surface area contributed by atoms with Gasteiger partial charge in [0.2, 0.25) is 0 Å². The van der Waals surface area contributed by atoms with Crippen LogP contribution >= 0.6 is 0 Å². The van der Waals surface area contributed by atoms with Gasteiger partial charge in [-0.1, -0.05) is 0 Å². The zero-order chi connectivity index (χ0) is 13.2. The number of esters is 1. The lowest BCUT2D eigenvalue weighted by atomic mass is 9.85. The van der Waals surface area contributed by atoms with Crippen molar-refractivity contribution in [1.82, 2.24) is 10.2 Å². The van der Waals surface area contributed by atoms with Crippen molar-refractivity contribution in [3.05, 3.63) is 17.5 Å². The standard InChI is InChI=1S/C13H20N2O3/c1-4-17-12(16)10-8-14-15-11(10)9-5-6-18-13(2,3)7-9/h8-9H,4-7H2,1-3H3,(H,14,15). The summed E-state index contributed by atoms with van der Waals surface area (Å²) in [6.07, 6.45) is 3.33. The molecule has 0 radical (unpaired) electrons. The molecular weight excluding hydrogens is 232 g/mol. The average molecular weight is 252 g/mol. The molecule has 0 saturated carbocycles. The first-order valence-electron chi connectivity index (χ1n) is 6.38. The highest BCUT2D eigenvalue weighted by Gasteiger charge is 2.33. The summed E-state index contributed by atoms with van der Waals surface area (Å²) in [6, 6.07) is 0. The number of aromatic nitrogens is 2. The van der Waals surface area contributed by atoms with E-state index in [0.29, 0.717) is 18.8 Å². The SMILES string of the molecule is CCOC(=O)c1cn[nH]c1C1CCOC(C)(C)C1. The van der Waals surface area contributed by atoms with Crippen LogP contribution in [0.2, 0.25) is 0 Å². The minimum atomic E-state index is -0.300. The third-order valence-corrected chi connectivity index (χ3v) is 3.27. The Morgan fingerprint density at radius 2 is 2.44 bits per heavy atom. The third kappa shape index (κ3) is 2.72. The van der Waals surface area contributed by atoms with Crippen molar-refractivity contribution in [3.63, 3.8) is 0 Å². The molecule has 1 fully saturated rings.